The van der Waals surface area contributed by atoms with Gasteiger partial charge < -0.3 is 26.4 Å². The molecule has 230 valence electrons. The lowest BCUT2D eigenvalue weighted by Gasteiger charge is -2.20. The molecule has 0 saturated heterocycles. The van der Waals surface area contributed by atoms with E-state index in [2.05, 4.69) is 27.1 Å². The molecule has 0 aliphatic rings. The number of methoxy groups -OCH3 is 1. The van der Waals surface area contributed by atoms with Gasteiger partial charge in [-0.15, -0.1) is 23.1 Å². The third-order valence-corrected chi connectivity index (χ3v) is 9.94. The van der Waals surface area contributed by atoms with Crippen LogP contribution in [-0.2, 0) is 0 Å². The van der Waals surface area contributed by atoms with Crippen LogP contribution in [0.5, 0.6) is 5.88 Å². The fourth-order valence-corrected chi connectivity index (χ4v) is 7.38. The average Bonchev–Trinajstić information content (AvgIpc) is 3.60. The Labute approximate surface area is 274 Å². The minimum Gasteiger partial charge on any atom is -0.481 e. The third-order valence-electron chi connectivity index (χ3n) is 6.07. The minimum atomic E-state index is -0.331. The SMILES string of the molecule is COc1cc(SC(C[C@H](N)CO)c2ccccc2)c(C#N)cn1.N#Cc1cc(Cl)cnc1S[C@H](C[C@H](N)CO)c1cncs1. The number of ether oxygens (including phenoxy) is 1. The van der Waals surface area contributed by atoms with Crippen LogP contribution in [0.4, 0.5) is 0 Å². The molecule has 1 unspecified atom stereocenters. The second kappa shape index (κ2) is 18.5. The summed E-state index contributed by atoms with van der Waals surface area (Å²) in [6.45, 7) is -0.163. The van der Waals surface area contributed by atoms with E-state index in [1.165, 1.54) is 47.3 Å². The van der Waals surface area contributed by atoms with Crippen molar-refractivity contribution in [2.24, 2.45) is 11.5 Å². The summed E-state index contributed by atoms with van der Waals surface area (Å²) in [4.78, 5) is 14.2. The molecule has 0 amide bonds. The minimum absolute atomic E-state index is 0.0135. The molecule has 0 fully saturated rings. The number of hydrogen-bond acceptors (Lipinski definition) is 13. The second-order valence-corrected chi connectivity index (χ2v) is 13.1. The Morgan fingerprint density at radius 1 is 0.932 bits per heavy atom. The van der Waals surface area contributed by atoms with Gasteiger partial charge in [0.15, 0.2) is 0 Å². The van der Waals surface area contributed by atoms with Crippen molar-refractivity contribution in [2.75, 3.05) is 20.3 Å². The summed E-state index contributed by atoms with van der Waals surface area (Å²) in [5.74, 6) is 0.463. The van der Waals surface area contributed by atoms with E-state index in [4.69, 9.17) is 32.9 Å². The van der Waals surface area contributed by atoms with E-state index < -0.39 is 0 Å². The van der Waals surface area contributed by atoms with Crippen LogP contribution in [0, 0.1) is 22.7 Å². The Morgan fingerprint density at radius 2 is 1.61 bits per heavy atom. The second-order valence-electron chi connectivity index (χ2n) is 9.34. The number of nitriles is 2. The number of aliphatic hydroxyl groups excluding tert-OH is 2. The zero-order valence-electron chi connectivity index (χ0n) is 23.8. The van der Waals surface area contributed by atoms with Crippen LogP contribution < -0.4 is 16.2 Å². The lowest BCUT2D eigenvalue weighted by atomic mass is 10.1. The Bertz CT molecular complexity index is 1540. The van der Waals surface area contributed by atoms with Crippen molar-refractivity contribution in [1.82, 2.24) is 15.0 Å². The van der Waals surface area contributed by atoms with Gasteiger partial charge in [0.25, 0.3) is 0 Å². The molecule has 3 aromatic heterocycles. The molecule has 0 spiro atoms. The molecule has 1 aromatic carbocycles. The fourth-order valence-electron chi connectivity index (χ4n) is 3.83. The van der Waals surface area contributed by atoms with Crippen molar-refractivity contribution < 1.29 is 14.9 Å². The molecule has 6 N–H and O–H groups in total. The number of nitrogens with zero attached hydrogens (tertiary/aromatic N) is 5. The first-order valence-corrected chi connectivity index (χ1v) is 16.3. The number of hydrogen-bond donors (Lipinski definition) is 4. The van der Waals surface area contributed by atoms with E-state index in [1.807, 2.05) is 30.3 Å². The molecular formula is C30H32ClN7O3S3. The topological polar surface area (TPSA) is 188 Å². The van der Waals surface area contributed by atoms with Crippen LogP contribution in [0.3, 0.4) is 0 Å². The van der Waals surface area contributed by atoms with Gasteiger partial charge in [-0.25, -0.2) is 9.97 Å². The summed E-state index contributed by atoms with van der Waals surface area (Å²) in [5, 5.41) is 37.9. The van der Waals surface area contributed by atoms with Crippen molar-refractivity contribution in [3.8, 4) is 18.0 Å². The van der Waals surface area contributed by atoms with E-state index in [0.29, 0.717) is 39.9 Å². The monoisotopic (exact) mass is 669 g/mol. The highest BCUT2D eigenvalue weighted by Crippen LogP contribution is 2.41. The number of nitrogens with two attached hydrogens (primary N) is 2. The first kappa shape index (κ1) is 35.2. The first-order chi connectivity index (χ1) is 21.3. The summed E-state index contributed by atoms with van der Waals surface area (Å²) >= 11 is 10.3. The molecule has 10 nitrogen and oxygen atoms in total. The maximum absolute atomic E-state index is 9.28. The van der Waals surface area contributed by atoms with Crippen molar-refractivity contribution in [2.45, 2.75) is 45.3 Å². The molecule has 4 rings (SSSR count). The van der Waals surface area contributed by atoms with Crippen molar-refractivity contribution >= 4 is 46.5 Å². The largest absolute Gasteiger partial charge is 0.481 e. The highest BCUT2D eigenvalue weighted by molar-refractivity contribution is 7.99. The van der Waals surface area contributed by atoms with Gasteiger partial charge in [-0.1, -0.05) is 53.7 Å². The average molecular weight is 670 g/mol. The van der Waals surface area contributed by atoms with Gasteiger partial charge in [-0.2, -0.15) is 10.5 Å². The first-order valence-electron chi connectivity index (χ1n) is 13.3. The Hall–Kier alpha value is -3.24. The quantitative estimate of drug-likeness (QED) is 0.138. The van der Waals surface area contributed by atoms with Crippen LogP contribution in [0.25, 0.3) is 0 Å². The van der Waals surface area contributed by atoms with Crippen LogP contribution in [0.1, 0.15) is 44.9 Å². The molecule has 0 bridgehead atoms. The molecule has 0 saturated carbocycles. The molecule has 0 aliphatic carbocycles. The molecule has 4 aromatic rings. The summed E-state index contributed by atoms with van der Waals surface area (Å²) in [5.41, 5.74) is 15.5. The summed E-state index contributed by atoms with van der Waals surface area (Å²) in [6, 6.07) is 16.9. The van der Waals surface area contributed by atoms with Crippen LogP contribution in [0.2, 0.25) is 5.02 Å². The van der Waals surface area contributed by atoms with E-state index in [9.17, 15) is 15.6 Å². The summed E-state index contributed by atoms with van der Waals surface area (Å²) < 4.78 is 5.15. The van der Waals surface area contributed by atoms with Crippen LogP contribution in [-0.4, -0.2) is 57.6 Å². The molecule has 44 heavy (non-hydrogen) atoms. The Balaban J connectivity index is 0.000000241. The van der Waals surface area contributed by atoms with E-state index in [-0.39, 0.29) is 35.8 Å². The molecular weight excluding hydrogens is 638 g/mol. The predicted molar refractivity (Wildman–Crippen MR) is 175 cm³/mol. The fraction of sp³-hybridized carbons (Fsp3) is 0.300. The number of rotatable bonds is 13. The number of thiazole rings is 1. The van der Waals surface area contributed by atoms with Gasteiger partial charge >= 0.3 is 0 Å². The number of halogens is 1. The predicted octanol–water partition coefficient (Wildman–Crippen LogP) is 5.11. The molecule has 0 radical (unpaired) electrons. The lowest BCUT2D eigenvalue weighted by Crippen LogP contribution is -2.26. The van der Waals surface area contributed by atoms with Crippen LogP contribution in [0.15, 0.2) is 76.5 Å². The normalized spacial score (nSPS) is 13.4. The standard InChI is InChI=1S/C17H19N3O2S.C13H13ClN4OS2/c1-22-17-8-16(13(9-18)10-20-17)23-15(7-14(19)11-21)12-5-3-2-4-6-12;14-9-1-8(3-15)13(18-4-9)21-11(2-10(16)6-19)12-5-17-7-20-12/h2-6,8,10,14-15,21H,7,11,19H2,1H3;1,4-5,7,10-11,19H,2,6,16H2/t14-,15?;10-,11+/m00/s1. The highest BCUT2D eigenvalue weighted by atomic mass is 35.5. The highest BCUT2D eigenvalue weighted by Gasteiger charge is 2.21. The zero-order valence-corrected chi connectivity index (χ0v) is 27.0. The van der Waals surface area contributed by atoms with Gasteiger partial charge in [0.05, 0.1) is 42.0 Å². The number of benzene rings is 1. The summed E-state index contributed by atoms with van der Waals surface area (Å²) in [7, 11) is 1.54. The number of aromatic nitrogens is 3. The Kier molecular flexibility index (Phi) is 14.9. The van der Waals surface area contributed by atoms with E-state index >= 15 is 0 Å². The molecule has 4 atom stereocenters. The van der Waals surface area contributed by atoms with Gasteiger partial charge in [0, 0.05) is 57.0 Å². The van der Waals surface area contributed by atoms with Gasteiger partial charge in [0.1, 0.15) is 17.2 Å². The van der Waals surface area contributed by atoms with Crippen LogP contribution >= 0.6 is 46.5 Å². The van der Waals surface area contributed by atoms with Crippen molar-refractivity contribution in [3.05, 3.63) is 93.2 Å². The smallest absolute Gasteiger partial charge is 0.214 e. The molecule has 0 aliphatic heterocycles. The lowest BCUT2D eigenvalue weighted by molar-refractivity contribution is 0.259. The maximum atomic E-state index is 9.28. The zero-order chi connectivity index (χ0) is 31.9. The van der Waals surface area contributed by atoms with E-state index in [0.717, 1.165) is 15.3 Å². The molecule has 14 heteroatoms. The molecule has 3 heterocycles. The van der Waals surface area contributed by atoms with Crippen molar-refractivity contribution in [3.63, 3.8) is 0 Å². The van der Waals surface area contributed by atoms with Gasteiger partial charge in [-0.05, 0) is 24.5 Å². The number of thioether (sulfide) groups is 2. The number of pyridine rings is 2. The number of aliphatic hydroxyl groups is 2. The summed E-state index contributed by atoms with van der Waals surface area (Å²) in [6.07, 6.45) is 5.96. The van der Waals surface area contributed by atoms with E-state index in [1.54, 1.807) is 30.9 Å². The third kappa shape index (κ3) is 10.7. The van der Waals surface area contributed by atoms with Crippen molar-refractivity contribution in [1.29, 1.82) is 10.5 Å². The van der Waals surface area contributed by atoms with Gasteiger partial charge in [-0.3, -0.25) is 4.98 Å². The maximum Gasteiger partial charge on any atom is 0.214 e. The Morgan fingerprint density at radius 3 is 2.20 bits per heavy atom. The van der Waals surface area contributed by atoms with Gasteiger partial charge in [0.2, 0.25) is 5.88 Å².